The molecule has 0 amide bonds. The van der Waals surface area contributed by atoms with Crippen LogP contribution in [0.1, 0.15) is 45.1 Å². The number of ketones is 1. The highest BCUT2D eigenvalue weighted by Crippen LogP contribution is 2.33. The fourth-order valence-electron chi connectivity index (χ4n) is 3.36. The van der Waals surface area contributed by atoms with Gasteiger partial charge in [0.2, 0.25) is 0 Å². The summed E-state index contributed by atoms with van der Waals surface area (Å²) >= 11 is 0. The van der Waals surface area contributed by atoms with Crippen molar-refractivity contribution in [2.45, 2.75) is 51.6 Å². The van der Waals surface area contributed by atoms with Crippen molar-refractivity contribution in [3.8, 4) is 5.75 Å². The van der Waals surface area contributed by atoms with Gasteiger partial charge in [0.15, 0.2) is 17.7 Å². The molecule has 0 radical (unpaired) electrons. The molecule has 0 aliphatic rings. The van der Waals surface area contributed by atoms with Gasteiger partial charge in [0, 0.05) is 13.0 Å². The third kappa shape index (κ3) is 7.47. The number of hydrogen-bond acceptors (Lipinski definition) is 6. The molecule has 1 unspecified atom stereocenters. The number of benzene rings is 1. The lowest BCUT2D eigenvalue weighted by molar-refractivity contribution is -0.157. The predicted molar refractivity (Wildman–Crippen MR) is 120 cm³/mol. The average Bonchev–Trinajstić information content (AvgIpc) is 2.78. The fraction of sp³-hybridized carbons (Fsp3) is 0.480. The molecule has 1 aromatic rings. The van der Waals surface area contributed by atoms with Crippen LogP contribution in [0.3, 0.4) is 0 Å². The molecule has 0 spiro atoms. The first kappa shape index (κ1) is 26.3. The average molecular weight is 431 g/mol. The molecule has 0 aromatic heterocycles. The van der Waals surface area contributed by atoms with Crippen LogP contribution in [0.4, 0.5) is 0 Å². The van der Waals surface area contributed by atoms with Crippen LogP contribution in [-0.2, 0) is 30.3 Å². The summed E-state index contributed by atoms with van der Waals surface area (Å²) in [6.45, 7) is 11.6. The quantitative estimate of drug-likeness (QED) is 0.169. The van der Waals surface area contributed by atoms with Gasteiger partial charge in [0.1, 0.15) is 11.2 Å². The highest BCUT2D eigenvalue weighted by Gasteiger charge is 2.43. The first-order valence-corrected chi connectivity index (χ1v) is 10.5. The van der Waals surface area contributed by atoms with Crippen LogP contribution in [-0.4, -0.2) is 44.0 Å². The Morgan fingerprint density at radius 1 is 1.10 bits per heavy atom. The van der Waals surface area contributed by atoms with Gasteiger partial charge in [0.05, 0.1) is 13.7 Å². The van der Waals surface area contributed by atoms with Gasteiger partial charge in [0.25, 0.3) is 0 Å². The molecule has 0 bridgehead atoms. The van der Waals surface area contributed by atoms with Gasteiger partial charge in [-0.3, -0.25) is 14.4 Å². The van der Waals surface area contributed by atoms with Gasteiger partial charge in [-0.2, -0.15) is 0 Å². The number of aryl methyl sites for hydroxylation is 1. The van der Waals surface area contributed by atoms with E-state index in [1.807, 2.05) is 19.1 Å². The number of ether oxygens (including phenoxy) is 3. The molecule has 0 N–H and O–H groups in total. The molecule has 0 saturated carbocycles. The van der Waals surface area contributed by atoms with Crippen LogP contribution >= 0.6 is 0 Å². The van der Waals surface area contributed by atoms with E-state index in [9.17, 15) is 14.4 Å². The fourth-order valence-corrected chi connectivity index (χ4v) is 3.36. The first-order chi connectivity index (χ1) is 14.8. The topological polar surface area (TPSA) is 78.9 Å². The number of aldehydes is 1. The van der Waals surface area contributed by atoms with Gasteiger partial charge in [-0.25, -0.2) is 0 Å². The summed E-state index contributed by atoms with van der Waals surface area (Å²) < 4.78 is 16.0. The molecular weight excluding hydrogens is 396 g/mol. The summed E-state index contributed by atoms with van der Waals surface area (Å²) in [5.41, 5.74) is -1.28. The molecular formula is C25H34O6. The molecule has 0 heterocycles. The lowest BCUT2D eigenvalue weighted by Crippen LogP contribution is -2.39. The van der Waals surface area contributed by atoms with Crippen LogP contribution in [0.2, 0.25) is 0 Å². The van der Waals surface area contributed by atoms with Gasteiger partial charge >= 0.3 is 5.97 Å². The number of esters is 1. The van der Waals surface area contributed by atoms with Crippen molar-refractivity contribution in [3.63, 3.8) is 0 Å². The first-order valence-electron chi connectivity index (χ1n) is 10.5. The summed E-state index contributed by atoms with van der Waals surface area (Å²) in [6, 6.07) is 7.37. The van der Waals surface area contributed by atoms with E-state index < -0.39 is 17.0 Å². The summed E-state index contributed by atoms with van der Waals surface area (Å²) in [7, 11) is 1.28. The normalized spacial score (nSPS) is 13.0. The van der Waals surface area contributed by atoms with E-state index in [-0.39, 0.29) is 31.7 Å². The maximum atomic E-state index is 12.9. The maximum Gasteiger partial charge on any atom is 0.319 e. The summed E-state index contributed by atoms with van der Waals surface area (Å²) in [6.07, 6.45) is 5.79. The Balaban J connectivity index is 2.73. The molecule has 1 aromatic carbocycles. The third-order valence-electron chi connectivity index (χ3n) is 5.08. The molecule has 170 valence electrons. The van der Waals surface area contributed by atoms with Crippen LogP contribution in [0.25, 0.3) is 0 Å². The van der Waals surface area contributed by atoms with Crippen molar-refractivity contribution in [1.82, 2.24) is 0 Å². The van der Waals surface area contributed by atoms with Crippen LogP contribution in [0.15, 0.2) is 49.6 Å². The van der Waals surface area contributed by atoms with Crippen molar-refractivity contribution >= 4 is 18.0 Å². The second-order valence-corrected chi connectivity index (χ2v) is 7.65. The van der Waals surface area contributed by atoms with Crippen molar-refractivity contribution in [2.24, 2.45) is 5.41 Å². The molecule has 0 aliphatic carbocycles. The highest BCUT2D eigenvalue weighted by molar-refractivity contribution is 6.04. The van der Waals surface area contributed by atoms with Crippen LogP contribution in [0, 0.1) is 5.41 Å². The second kappa shape index (κ2) is 12.8. The Hall–Kier alpha value is -2.73. The largest absolute Gasteiger partial charge is 0.478 e. The number of hydrogen-bond donors (Lipinski definition) is 0. The Bertz CT molecular complexity index is 742. The zero-order chi connectivity index (χ0) is 23.3. The van der Waals surface area contributed by atoms with Gasteiger partial charge < -0.3 is 14.2 Å². The molecule has 0 saturated heterocycles. The predicted octanol–water partition coefficient (Wildman–Crippen LogP) is 4.26. The molecule has 1 rings (SSSR count). The minimum atomic E-state index is -1.25. The van der Waals surface area contributed by atoms with Gasteiger partial charge in [-0.05, 0) is 57.2 Å². The molecule has 31 heavy (non-hydrogen) atoms. The maximum absolute atomic E-state index is 12.9. The highest BCUT2D eigenvalue weighted by atomic mass is 16.5. The van der Waals surface area contributed by atoms with Crippen molar-refractivity contribution in [2.75, 3.05) is 20.3 Å². The van der Waals surface area contributed by atoms with E-state index >= 15 is 0 Å². The number of Topliss-reactive ketones (excluding diaryl/α,β-unsaturated/α-hetero) is 1. The Kier molecular flexibility index (Phi) is 10.9. The Morgan fingerprint density at radius 3 is 2.19 bits per heavy atom. The Labute approximate surface area is 185 Å². The van der Waals surface area contributed by atoms with Gasteiger partial charge in [-0.15, -0.1) is 13.2 Å². The minimum absolute atomic E-state index is 0.170. The second-order valence-electron chi connectivity index (χ2n) is 7.65. The smallest absolute Gasteiger partial charge is 0.319 e. The molecule has 6 nitrogen and oxygen atoms in total. The third-order valence-corrected chi connectivity index (χ3v) is 5.08. The zero-order valence-corrected chi connectivity index (χ0v) is 18.9. The molecule has 1 atom stereocenters. The lowest BCUT2D eigenvalue weighted by atomic mass is 9.75. The van der Waals surface area contributed by atoms with Crippen molar-refractivity contribution < 1.29 is 28.6 Å². The van der Waals surface area contributed by atoms with E-state index in [0.717, 1.165) is 11.8 Å². The zero-order valence-electron chi connectivity index (χ0n) is 18.9. The van der Waals surface area contributed by atoms with Gasteiger partial charge in [-0.1, -0.05) is 24.3 Å². The minimum Gasteiger partial charge on any atom is -0.478 e. The molecule has 0 fully saturated rings. The van der Waals surface area contributed by atoms with E-state index in [1.54, 1.807) is 31.2 Å². The number of rotatable bonds is 16. The van der Waals surface area contributed by atoms with Crippen LogP contribution in [0.5, 0.6) is 5.75 Å². The van der Waals surface area contributed by atoms with E-state index in [0.29, 0.717) is 25.2 Å². The SMILES string of the molecule is C=CCC(CC=C)(C(=O)CCCc1ccc(OC(C)(C=O)COCC)cc1)C(=O)OC. The number of allylic oxidation sites excluding steroid dienone is 2. The van der Waals surface area contributed by atoms with Crippen LogP contribution < -0.4 is 4.74 Å². The van der Waals surface area contributed by atoms with Crippen molar-refractivity contribution in [3.05, 3.63) is 55.1 Å². The summed E-state index contributed by atoms with van der Waals surface area (Å²) in [5, 5.41) is 0. The van der Waals surface area contributed by atoms with Crippen molar-refractivity contribution in [1.29, 1.82) is 0 Å². The monoisotopic (exact) mass is 430 g/mol. The lowest BCUT2D eigenvalue weighted by Gasteiger charge is -2.27. The van der Waals surface area contributed by atoms with E-state index in [2.05, 4.69) is 13.2 Å². The number of methoxy groups -OCH3 is 1. The van der Waals surface area contributed by atoms with E-state index in [4.69, 9.17) is 14.2 Å². The summed E-state index contributed by atoms with van der Waals surface area (Å²) in [5.74, 6) is -0.156. The molecule has 6 heteroatoms. The van der Waals surface area contributed by atoms with E-state index in [1.165, 1.54) is 7.11 Å². The Morgan fingerprint density at radius 2 is 1.71 bits per heavy atom. The summed E-state index contributed by atoms with van der Waals surface area (Å²) in [4.78, 5) is 36.6. The number of carbonyl (C=O) groups is 3. The molecule has 0 aliphatic heterocycles. The standard InChI is InChI=1S/C25H34O6/c1-6-16-25(17-7-2,23(28)29-5)22(27)11-9-10-20-12-14-21(15-13-20)31-24(4,18-26)19-30-8-3/h6-7,12-15,18H,1-2,8-11,16-17,19H2,3-5H3. The number of carbonyl (C=O) groups excluding carboxylic acids is 3.